The molecule has 0 radical (unpaired) electrons. The van der Waals surface area contributed by atoms with Gasteiger partial charge in [-0.15, -0.1) is 0 Å². The fourth-order valence-electron chi connectivity index (χ4n) is 1.92. The summed E-state index contributed by atoms with van der Waals surface area (Å²) < 4.78 is 0. The van der Waals surface area contributed by atoms with Gasteiger partial charge in [-0.1, -0.05) is 0 Å². The van der Waals surface area contributed by atoms with E-state index >= 15 is 0 Å². The molecule has 1 aromatic rings. The van der Waals surface area contributed by atoms with Crippen molar-refractivity contribution in [3.63, 3.8) is 0 Å². The van der Waals surface area contributed by atoms with Gasteiger partial charge in [-0.3, -0.25) is 0 Å². The Bertz CT molecular complexity index is 303. The largest absolute Gasteiger partial charge is 0.373 e. The number of aromatic nitrogens is 2. The van der Waals surface area contributed by atoms with Crippen molar-refractivity contribution in [1.82, 2.24) is 9.97 Å². The van der Waals surface area contributed by atoms with E-state index in [4.69, 9.17) is 0 Å². The van der Waals surface area contributed by atoms with Crippen molar-refractivity contribution in [3.8, 4) is 0 Å². The van der Waals surface area contributed by atoms with Gasteiger partial charge in [0.2, 0.25) is 0 Å². The van der Waals surface area contributed by atoms with Crippen LogP contribution in [0.5, 0.6) is 0 Å². The van der Waals surface area contributed by atoms with Crippen LogP contribution in [-0.4, -0.2) is 17.0 Å². The predicted molar refractivity (Wildman–Crippen MR) is 53.0 cm³/mol. The van der Waals surface area contributed by atoms with Crippen LogP contribution < -0.4 is 5.32 Å². The monoisotopic (exact) mass is 177 g/mol. The van der Waals surface area contributed by atoms with Gasteiger partial charge in [-0.2, -0.15) is 0 Å². The number of anilines is 1. The molecule has 0 saturated heterocycles. The first-order valence-corrected chi connectivity index (χ1v) is 4.85. The first kappa shape index (κ1) is 8.48. The van der Waals surface area contributed by atoms with Crippen LogP contribution in [0.25, 0.3) is 0 Å². The number of aryl methyl sites for hydroxylation is 2. The highest BCUT2D eigenvalue weighted by Gasteiger charge is 2.15. The van der Waals surface area contributed by atoms with Crippen molar-refractivity contribution in [2.75, 3.05) is 12.4 Å². The highest BCUT2D eigenvalue weighted by atomic mass is 15.0. The Kier molecular flexibility index (Phi) is 2.17. The van der Waals surface area contributed by atoms with Gasteiger partial charge < -0.3 is 5.32 Å². The SMILES string of the molecule is CNc1nc(C)nc2c1CCCC2. The van der Waals surface area contributed by atoms with Crippen LogP contribution >= 0.6 is 0 Å². The minimum atomic E-state index is 0.880. The molecular formula is C10H15N3. The van der Waals surface area contributed by atoms with E-state index in [-0.39, 0.29) is 0 Å². The normalized spacial score (nSPS) is 15.2. The van der Waals surface area contributed by atoms with Crippen molar-refractivity contribution < 1.29 is 0 Å². The van der Waals surface area contributed by atoms with Crippen molar-refractivity contribution in [2.45, 2.75) is 32.6 Å². The van der Waals surface area contributed by atoms with Gasteiger partial charge in [0.25, 0.3) is 0 Å². The molecule has 0 amide bonds. The number of hydrogen-bond acceptors (Lipinski definition) is 3. The van der Waals surface area contributed by atoms with Crippen LogP contribution in [0.3, 0.4) is 0 Å². The second-order valence-corrected chi connectivity index (χ2v) is 3.50. The molecular weight excluding hydrogens is 162 g/mol. The van der Waals surface area contributed by atoms with Crippen LogP contribution in [0.2, 0.25) is 0 Å². The zero-order valence-electron chi connectivity index (χ0n) is 8.22. The minimum Gasteiger partial charge on any atom is -0.373 e. The summed E-state index contributed by atoms with van der Waals surface area (Å²) in [6.45, 7) is 1.95. The molecule has 0 fully saturated rings. The van der Waals surface area contributed by atoms with Crippen molar-refractivity contribution >= 4 is 5.82 Å². The fourth-order valence-corrected chi connectivity index (χ4v) is 1.92. The van der Waals surface area contributed by atoms with Gasteiger partial charge >= 0.3 is 0 Å². The van der Waals surface area contributed by atoms with E-state index in [2.05, 4.69) is 15.3 Å². The maximum atomic E-state index is 4.47. The maximum absolute atomic E-state index is 4.47. The van der Waals surface area contributed by atoms with Gasteiger partial charge in [-0.05, 0) is 32.6 Å². The topological polar surface area (TPSA) is 37.8 Å². The maximum Gasteiger partial charge on any atom is 0.132 e. The highest BCUT2D eigenvalue weighted by molar-refractivity contribution is 5.47. The molecule has 1 aliphatic carbocycles. The van der Waals surface area contributed by atoms with Crippen molar-refractivity contribution in [3.05, 3.63) is 17.1 Å². The number of fused-ring (bicyclic) bond motifs is 1. The van der Waals surface area contributed by atoms with Gasteiger partial charge in [0.1, 0.15) is 11.6 Å². The summed E-state index contributed by atoms with van der Waals surface area (Å²) in [5, 5.41) is 3.14. The number of hydrogen-bond donors (Lipinski definition) is 1. The Morgan fingerprint density at radius 3 is 2.69 bits per heavy atom. The third kappa shape index (κ3) is 1.50. The lowest BCUT2D eigenvalue weighted by Gasteiger charge is -2.17. The van der Waals surface area contributed by atoms with E-state index in [0.717, 1.165) is 24.5 Å². The second-order valence-electron chi connectivity index (χ2n) is 3.50. The summed E-state index contributed by atoms with van der Waals surface area (Å²) in [5.41, 5.74) is 2.59. The lowest BCUT2D eigenvalue weighted by atomic mass is 9.96. The summed E-state index contributed by atoms with van der Waals surface area (Å²) >= 11 is 0. The molecule has 0 aromatic carbocycles. The zero-order valence-corrected chi connectivity index (χ0v) is 8.22. The second kappa shape index (κ2) is 3.32. The summed E-state index contributed by atoms with van der Waals surface area (Å²) in [5.74, 6) is 1.91. The van der Waals surface area contributed by atoms with Crippen molar-refractivity contribution in [2.24, 2.45) is 0 Å². The Labute approximate surface area is 78.6 Å². The molecule has 0 atom stereocenters. The average molecular weight is 177 g/mol. The third-order valence-electron chi connectivity index (χ3n) is 2.53. The Morgan fingerprint density at radius 2 is 1.92 bits per heavy atom. The molecule has 13 heavy (non-hydrogen) atoms. The zero-order chi connectivity index (χ0) is 9.26. The van der Waals surface area contributed by atoms with E-state index in [0.29, 0.717) is 0 Å². The molecule has 0 spiro atoms. The first-order valence-electron chi connectivity index (χ1n) is 4.85. The molecule has 1 N–H and O–H groups in total. The van der Waals surface area contributed by atoms with E-state index in [9.17, 15) is 0 Å². The van der Waals surface area contributed by atoms with E-state index in [1.165, 1.54) is 24.1 Å². The summed E-state index contributed by atoms with van der Waals surface area (Å²) in [6, 6.07) is 0. The van der Waals surface area contributed by atoms with Gasteiger partial charge in [0.15, 0.2) is 0 Å². The molecule has 1 aromatic heterocycles. The summed E-state index contributed by atoms with van der Waals surface area (Å²) in [4.78, 5) is 8.85. The number of nitrogens with zero attached hydrogens (tertiary/aromatic N) is 2. The van der Waals surface area contributed by atoms with Gasteiger partial charge in [-0.25, -0.2) is 9.97 Å². The Morgan fingerprint density at radius 1 is 1.15 bits per heavy atom. The molecule has 1 aliphatic rings. The van der Waals surface area contributed by atoms with Crippen molar-refractivity contribution in [1.29, 1.82) is 0 Å². The third-order valence-corrected chi connectivity index (χ3v) is 2.53. The first-order chi connectivity index (χ1) is 6.31. The van der Waals surface area contributed by atoms with Gasteiger partial charge in [0, 0.05) is 18.3 Å². The number of rotatable bonds is 1. The Hall–Kier alpha value is -1.12. The lowest BCUT2D eigenvalue weighted by Crippen LogP contribution is -2.11. The van der Waals surface area contributed by atoms with Crippen LogP contribution in [0, 0.1) is 6.92 Å². The number of nitrogens with one attached hydrogen (secondary N) is 1. The highest BCUT2D eigenvalue weighted by Crippen LogP contribution is 2.24. The van der Waals surface area contributed by atoms with E-state index in [1.807, 2.05) is 14.0 Å². The van der Waals surface area contributed by atoms with Crippen LogP contribution in [0.4, 0.5) is 5.82 Å². The molecule has 70 valence electrons. The Balaban J connectivity index is 2.50. The molecule has 0 bridgehead atoms. The quantitative estimate of drug-likeness (QED) is 0.709. The predicted octanol–water partition coefficient (Wildman–Crippen LogP) is 1.71. The molecule has 0 saturated carbocycles. The lowest BCUT2D eigenvalue weighted by molar-refractivity contribution is 0.660. The van der Waals surface area contributed by atoms with E-state index < -0.39 is 0 Å². The molecule has 0 aliphatic heterocycles. The summed E-state index contributed by atoms with van der Waals surface area (Å²) in [7, 11) is 1.93. The van der Waals surface area contributed by atoms with Crippen LogP contribution in [0.15, 0.2) is 0 Å². The molecule has 3 heteroatoms. The molecule has 1 heterocycles. The average Bonchev–Trinajstić information content (AvgIpc) is 2.16. The molecule has 2 rings (SSSR count). The molecule has 0 unspecified atom stereocenters. The minimum absolute atomic E-state index is 0.880. The standard InChI is InChI=1S/C10H15N3/c1-7-12-9-6-4-3-5-8(9)10(11-2)13-7/h3-6H2,1-2H3,(H,11,12,13). The smallest absolute Gasteiger partial charge is 0.132 e. The fraction of sp³-hybridized carbons (Fsp3) is 0.600. The van der Waals surface area contributed by atoms with E-state index in [1.54, 1.807) is 0 Å². The molecule has 3 nitrogen and oxygen atoms in total. The van der Waals surface area contributed by atoms with Gasteiger partial charge in [0.05, 0.1) is 0 Å². The van der Waals surface area contributed by atoms with Crippen LogP contribution in [-0.2, 0) is 12.8 Å². The van der Waals surface area contributed by atoms with Crippen LogP contribution in [0.1, 0.15) is 29.9 Å². The summed E-state index contributed by atoms with van der Waals surface area (Å²) in [6.07, 6.45) is 4.79.